The molecule has 0 N–H and O–H groups in total. The van der Waals surface area contributed by atoms with Gasteiger partial charge >= 0.3 is 0 Å². The van der Waals surface area contributed by atoms with Crippen LogP contribution in [0.3, 0.4) is 0 Å². The molecule has 0 atom stereocenters. The van der Waals surface area contributed by atoms with Crippen molar-refractivity contribution < 1.29 is 14.3 Å². The third-order valence-corrected chi connectivity index (χ3v) is 3.13. The van der Waals surface area contributed by atoms with Gasteiger partial charge in [0, 0.05) is 5.56 Å². The van der Waals surface area contributed by atoms with Gasteiger partial charge in [-0.2, -0.15) is 0 Å². The van der Waals surface area contributed by atoms with Crippen LogP contribution in [0.15, 0.2) is 18.2 Å². The highest BCUT2D eigenvalue weighted by atomic mass is 16.5. The fraction of sp³-hybridized carbons (Fsp3) is 0.562. The van der Waals surface area contributed by atoms with Gasteiger partial charge in [0.1, 0.15) is 0 Å². The van der Waals surface area contributed by atoms with Gasteiger partial charge in [-0.3, -0.25) is 9.69 Å². The molecule has 1 aromatic carbocycles. The van der Waals surface area contributed by atoms with Gasteiger partial charge in [0.15, 0.2) is 17.3 Å². The Morgan fingerprint density at radius 3 is 2.15 bits per heavy atom. The molecule has 0 aliphatic carbocycles. The fourth-order valence-electron chi connectivity index (χ4n) is 1.97. The van der Waals surface area contributed by atoms with E-state index < -0.39 is 0 Å². The summed E-state index contributed by atoms with van der Waals surface area (Å²) in [6.07, 6.45) is 0. The SMILES string of the molecule is CCOc1ccc(C(=O)CN(CC)CC)cc1OCC. The Balaban J connectivity index is 2.89. The van der Waals surface area contributed by atoms with Crippen molar-refractivity contribution in [1.82, 2.24) is 4.90 Å². The van der Waals surface area contributed by atoms with E-state index in [9.17, 15) is 4.79 Å². The molecule has 0 spiro atoms. The number of hydrogen-bond acceptors (Lipinski definition) is 4. The van der Waals surface area contributed by atoms with Crippen LogP contribution in [0.2, 0.25) is 0 Å². The highest BCUT2D eigenvalue weighted by molar-refractivity contribution is 5.98. The van der Waals surface area contributed by atoms with E-state index in [2.05, 4.69) is 18.7 Å². The molecule has 0 aromatic heterocycles. The van der Waals surface area contributed by atoms with E-state index in [1.54, 1.807) is 12.1 Å². The number of rotatable bonds is 9. The number of carbonyl (C=O) groups is 1. The summed E-state index contributed by atoms with van der Waals surface area (Å²) in [5, 5.41) is 0. The largest absolute Gasteiger partial charge is 0.490 e. The highest BCUT2D eigenvalue weighted by Crippen LogP contribution is 2.28. The molecule has 4 heteroatoms. The number of carbonyl (C=O) groups excluding carboxylic acids is 1. The van der Waals surface area contributed by atoms with Gasteiger partial charge in [-0.1, -0.05) is 13.8 Å². The van der Waals surface area contributed by atoms with Crippen LogP contribution in [-0.2, 0) is 0 Å². The lowest BCUT2D eigenvalue weighted by atomic mass is 10.1. The van der Waals surface area contributed by atoms with E-state index in [0.29, 0.717) is 36.8 Å². The Hall–Kier alpha value is -1.55. The number of ether oxygens (including phenoxy) is 2. The first-order chi connectivity index (χ1) is 9.65. The minimum Gasteiger partial charge on any atom is -0.490 e. The molecule has 20 heavy (non-hydrogen) atoms. The number of benzene rings is 1. The van der Waals surface area contributed by atoms with Gasteiger partial charge in [0.25, 0.3) is 0 Å². The minimum absolute atomic E-state index is 0.109. The predicted octanol–water partition coefficient (Wildman–Crippen LogP) is 3.01. The van der Waals surface area contributed by atoms with Crippen LogP contribution >= 0.6 is 0 Å². The van der Waals surface area contributed by atoms with Crippen LogP contribution in [0, 0.1) is 0 Å². The van der Waals surface area contributed by atoms with Crippen molar-refractivity contribution in [1.29, 1.82) is 0 Å². The number of Topliss-reactive ketones (excluding diaryl/α,β-unsaturated/α-hetero) is 1. The zero-order valence-corrected chi connectivity index (χ0v) is 12.9. The van der Waals surface area contributed by atoms with Crippen LogP contribution in [-0.4, -0.2) is 43.5 Å². The van der Waals surface area contributed by atoms with E-state index in [-0.39, 0.29) is 5.78 Å². The van der Waals surface area contributed by atoms with Gasteiger partial charge in [-0.05, 0) is 45.1 Å². The lowest BCUT2D eigenvalue weighted by molar-refractivity contribution is 0.0937. The van der Waals surface area contributed by atoms with Crippen molar-refractivity contribution in [3.05, 3.63) is 23.8 Å². The van der Waals surface area contributed by atoms with Crippen molar-refractivity contribution in [2.24, 2.45) is 0 Å². The lowest BCUT2D eigenvalue weighted by Gasteiger charge is -2.17. The molecule has 112 valence electrons. The summed E-state index contributed by atoms with van der Waals surface area (Å²) in [4.78, 5) is 14.4. The molecule has 4 nitrogen and oxygen atoms in total. The second-order valence-corrected chi connectivity index (χ2v) is 4.41. The molecule has 0 aliphatic rings. The topological polar surface area (TPSA) is 38.8 Å². The summed E-state index contributed by atoms with van der Waals surface area (Å²) in [5.74, 6) is 1.44. The smallest absolute Gasteiger partial charge is 0.176 e. The maximum Gasteiger partial charge on any atom is 0.176 e. The maximum atomic E-state index is 12.3. The molecule has 0 bridgehead atoms. The second kappa shape index (κ2) is 8.59. The van der Waals surface area contributed by atoms with Crippen molar-refractivity contribution >= 4 is 5.78 Å². The molecule has 0 radical (unpaired) electrons. The molecule has 0 saturated carbocycles. The number of ketones is 1. The van der Waals surface area contributed by atoms with E-state index in [4.69, 9.17) is 9.47 Å². The van der Waals surface area contributed by atoms with Gasteiger partial charge in [0.05, 0.1) is 19.8 Å². The van der Waals surface area contributed by atoms with Crippen LogP contribution < -0.4 is 9.47 Å². The first-order valence-electron chi connectivity index (χ1n) is 7.31. The van der Waals surface area contributed by atoms with Crippen molar-refractivity contribution in [2.75, 3.05) is 32.8 Å². The Morgan fingerprint density at radius 1 is 1.00 bits per heavy atom. The van der Waals surface area contributed by atoms with Gasteiger partial charge in [0.2, 0.25) is 0 Å². The predicted molar refractivity (Wildman–Crippen MR) is 80.9 cm³/mol. The molecule has 1 rings (SSSR count). The fourth-order valence-corrected chi connectivity index (χ4v) is 1.97. The Kier molecular flexibility index (Phi) is 7.09. The molecule has 0 saturated heterocycles. The maximum absolute atomic E-state index is 12.3. The van der Waals surface area contributed by atoms with Crippen molar-refractivity contribution in [3.8, 4) is 11.5 Å². The lowest BCUT2D eigenvalue weighted by Crippen LogP contribution is -2.29. The summed E-state index contributed by atoms with van der Waals surface area (Å²) >= 11 is 0. The third-order valence-electron chi connectivity index (χ3n) is 3.13. The van der Waals surface area contributed by atoms with E-state index >= 15 is 0 Å². The van der Waals surface area contributed by atoms with Gasteiger partial charge in [-0.15, -0.1) is 0 Å². The average molecular weight is 279 g/mol. The van der Waals surface area contributed by atoms with E-state index in [1.807, 2.05) is 19.9 Å². The van der Waals surface area contributed by atoms with Crippen LogP contribution in [0.5, 0.6) is 11.5 Å². The average Bonchev–Trinajstić information content (AvgIpc) is 2.46. The first-order valence-corrected chi connectivity index (χ1v) is 7.31. The normalized spacial score (nSPS) is 10.7. The first kappa shape index (κ1) is 16.5. The van der Waals surface area contributed by atoms with Crippen molar-refractivity contribution in [3.63, 3.8) is 0 Å². The molecular formula is C16H25NO3. The summed E-state index contributed by atoms with van der Waals surface area (Å²) in [6, 6.07) is 5.39. The summed E-state index contributed by atoms with van der Waals surface area (Å²) in [7, 11) is 0. The molecular weight excluding hydrogens is 254 g/mol. The second-order valence-electron chi connectivity index (χ2n) is 4.41. The molecule has 0 aliphatic heterocycles. The Morgan fingerprint density at radius 2 is 1.60 bits per heavy atom. The van der Waals surface area contributed by atoms with Crippen LogP contribution in [0.4, 0.5) is 0 Å². The highest BCUT2D eigenvalue weighted by Gasteiger charge is 2.13. The summed E-state index contributed by atoms with van der Waals surface area (Å²) in [5.41, 5.74) is 0.670. The van der Waals surface area contributed by atoms with Crippen molar-refractivity contribution in [2.45, 2.75) is 27.7 Å². The molecule has 0 amide bonds. The Labute approximate surface area is 121 Å². The molecule has 0 fully saturated rings. The quantitative estimate of drug-likeness (QED) is 0.651. The zero-order valence-electron chi connectivity index (χ0n) is 12.9. The molecule has 0 unspecified atom stereocenters. The van der Waals surface area contributed by atoms with Crippen LogP contribution in [0.1, 0.15) is 38.1 Å². The summed E-state index contributed by atoms with van der Waals surface area (Å²) < 4.78 is 11.0. The number of likely N-dealkylation sites (N-methyl/N-ethyl adjacent to an activating group) is 1. The third kappa shape index (κ3) is 4.53. The molecule has 0 heterocycles. The number of hydrogen-bond donors (Lipinski definition) is 0. The standard InChI is InChI=1S/C16H25NO3/c1-5-17(6-2)12-14(18)13-9-10-15(19-7-3)16(11-13)20-8-4/h9-11H,5-8,12H2,1-4H3. The Bertz CT molecular complexity index is 428. The van der Waals surface area contributed by atoms with Crippen LogP contribution in [0.25, 0.3) is 0 Å². The number of nitrogens with zero attached hydrogens (tertiary/aromatic N) is 1. The summed E-state index contributed by atoms with van der Waals surface area (Å²) in [6.45, 7) is 11.3. The van der Waals surface area contributed by atoms with Gasteiger partial charge in [-0.25, -0.2) is 0 Å². The molecule has 1 aromatic rings. The zero-order chi connectivity index (χ0) is 15.0. The van der Waals surface area contributed by atoms with E-state index in [0.717, 1.165) is 13.1 Å². The van der Waals surface area contributed by atoms with Gasteiger partial charge < -0.3 is 9.47 Å². The monoisotopic (exact) mass is 279 g/mol. The minimum atomic E-state index is 0.109. The van der Waals surface area contributed by atoms with E-state index in [1.165, 1.54) is 0 Å².